The third-order valence-corrected chi connectivity index (χ3v) is 6.91. The van der Waals surface area contributed by atoms with Crippen molar-refractivity contribution in [3.63, 3.8) is 0 Å². The van der Waals surface area contributed by atoms with Crippen molar-refractivity contribution < 1.29 is 9.90 Å². The Morgan fingerprint density at radius 3 is 2.71 bits per heavy atom. The zero-order valence-corrected chi connectivity index (χ0v) is 17.4. The lowest BCUT2D eigenvalue weighted by Gasteiger charge is -2.46. The van der Waals surface area contributed by atoms with Crippen molar-refractivity contribution in [3.8, 4) is 0 Å². The lowest BCUT2D eigenvalue weighted by Crippen LogP contribution is -2.56. The molecule has 6 heteroatoms. The van der Waals surface area contributed by atoms with Crippen molar-refractivity contribution in [3.05, 3.63) is 35.0 Å². The van der Waals surface area contributed by atoms with E-state index in [0.717, 1.165) is 38.2 Å². The molecule has 2 aliphatic rings. The molecule has 2 N–H and O–H groups in total. The Morgan fingerprint density at radius 2 is 2.04 bits per heavy atom. The van der Waals surface area contributed by atoms with E-state index in [2.05, 4.69) is 40.0 Å². The Kier molecular flexibility index (Phi) is 5.10. The normalized spacial score (nSPS) is 24.2. The van der Waals surface area contributed by atoms with Gasteiger partial charge in [0.25, 0.3) is 0 Å². The van der Waals surface area contributed by atoms with Crippen LogP contribution in [0, 0.1) is 0 Å². The van der Waals surface area contributed by atoms with Crippen molar-refractivity contribution in [2.24, 2.45) is 7.05 Å². The Bertz CT molecular complexity index is 886. The van der Waals surface area contributed by atoms with E-state index < -0.39 is 0 Å². The van der Waals surface area contributed by atoms with Crippen LogP contribution in [0.5, 0.6) is 0 Å². The minimum atomic E-state index is 0.0406. The monoisotopic (exact) mass is 384 g/mol. The van der Waals surface area contributed by atoms with Gasteiger partial charge in [0.1, 0.15) is 0 Å². The highest BCUT2D eigenvalue weighted by atomic mass is 16.3. The van der Waals surface area contributed by atoms with Gasteiger partial charge in [-0.1, -0.05) is 12.1 Å². The standard InChI is InChI=1S/C22H32N4O2/c1-5-26(6-2)22(28)23-14-10-16-15-8-7-9-18-21(15)17(20(13-27)25(18)4)11-19(16)24(3)12-14/h7-9,14,16,19,27H,5-6,10-13H2,1-4H3,(H,23,28)/t14?,16-,19-/m1/s1. The number of likely N-dealkylation sites (N-methyl/N-ethyl adjacent to an activating group) is 1. The molecule has 152 valence electrons. The van der Waals surface area contributed by atoms with E-state index in [4.69, 9.17) is 0 Å². The highest BCUT2D eigenvalue weighted by Gasteiger charge is 2.41. The summed E-state index contributed by atoms with van der Waals surface area (Å²) in [5.74, 6) is 0.394. The second-order valence-corrected chi connectivity index (χ2v) is 8.26. The lowest BCUT2D eigenvalue weighted by molar-refractivity contribution is 0.123. The van der Waals surface area contributed by atoms with Crippen LogP contribution in [0.1, 0.15) is 43.0 Å². The predicted molar refractivity (Wildman–Crippen MR) is 112 cm³/mol. The summed E-state index contributed by atoms with van der Waals surface area (Å²) in [6.45, 7) is 6.43. The molecule has 28 heavy (non-hydrogen) atoms. The first-order valence-corrected chi connectivity index (χ1v) is 10.5. The van der Waals surface area contributed by atoms with Crippen molar-refractivity contribution in [1.29, 1.82) is 0 Å². The summed E-state index contributed by atoms with van der Waals surface area (Å²) in [6.07, 6.45) is 1.92. The van der Waals surface area contributed by atoms with E-state index in [1.54, 1.807) is 0 Å². The Morgan fingerprint density at radius 1 is 1.29 bits per heavy atom. The molecule has 1 aromatic carbocycles. The highest BCUT2D eigenvalue weighted by molar-refractivity contribution is 5.90. The van der Waals surface area contributed by atoms with Gasteiger partial charge in [-0.3, -0.25) is 0 Å². The molecule has 1 saturated heterocycles. The Hall–Kier alpha value is -2.05. The molecule has 4 rings (SSSR count). The van der Waals surface area contributed by atoms with E-state index in [9.17, 15) is 9.90 Å². The molecule has 2 aromatic rings. The van der Waals surface area contributed by atoms with Crippen LogP contribution in [0.2, 0.25) is 0 Å². The van der Waals surface area contributed by atoms with E-state index >= 15 is 0 Å². The number of nitrogens with zero attached hydrogens (tertiary/aromatic N) is 3. The molecule has 0 bridgehead atoms. The largest absolute Gasteiger partial charge is 0.390 e. The molecule has 0 radical (unpaired) electrons. The van der Waals surface area contributed by atoms with E-state index in [0.29, 0.717) is 12.0 Å². The van der Waals surface area contributed by atoms with Gasteiger partial charge in [-0.2, -0.15) is 0 Å². The van der Waals surface area contributed by atoms with Crippen molar-refractivity contribution in [1.82, 2.24) is 19.7 Å². The number of carbonyl (C=O) groups excluding carboxylic acids is 1. The number of piperidine rings is 1. The van der Waals surface area contributed by atoms with Gasteiger partial charge in [0, 0.05) is 61.3 Å². The summed E-state index contributed by atoms with van der Waals surface area (Å²) in [4.78, 5) is 16.8. The molecule has 3 atom stereocenters. The molecule has 0 spiro atoms. The van der Waals surface area contributed by atoms with Gasteiger partial charge in [0.05, 0.1) is 6.61 Å². The number of rotatable bonds is 4. The topological polar surface area (TPSA) is 60.7 Å². The summed E-state index contributed by atoms with van der Waals surface area (Å²) >= 11 is 0. The lowest BCUT2D eigenvalue weighted by atomic mass is 9.73. The Labute approximate surface area is 167 Å². The van der Waals surface area contributed by atoms with Crippen molar-refractivity contribution in [2.45, 2.75) is 51.3 Å². The number of likely N-dealkylation sites (tertiary alicyclic amines) is 1. The number of aromatic nitrogens is 1. The fourth-order valence-electron chi connectivity index (χ4n) is 5.44. The molecule has 1 fully saturated rings. The molecule has 1 aromatic heterocycles. The van der Waals surface area contributed by atoms with Crippen LogP contribution >= 0.6 is 0 Å². The van der Waals surface area contributed by atoms with Crippen LogP contribution in [-0.4, -0.2) is 64.3 Å². The van der Waals surface area contributed by atoms with Gasteiger partial charge in [-0.15, -0.1) is 0 Å². The SMILES string of the molecule is CCN(CC)C(=O)NC1C[C@@H]2c3cccc4c3c(c(CO)n4C)C[C@H]2N(C)C1. The maximum atomic E-state index is 12.6. The smallest absolute Gasteiger partial charge is 0.317 e. The first-order valence-electron chi connectivity index (χ1n) is 10.5. The predicted octanol–water partition coefficient (Wildman–Crippen LogP) is 2.43. The van der Waals surface area contributed by atoms with Crippen LogP contribution in [0.25, 0.3) is 10.9 Å². The molecular formula is C22H32N4O2. The number of fused-ring (bicyclic) bond motifs is 2. The summed E-state index contributed by atoms with van der Waals surface area (Å²) in [7, 11) is 4.22. The average Bonchev–Trinajstić information content (AvgIpc) is 2.96. The number of urea groups is 1. The number of hydrogen-bond acceptors (Lipinski definition) is 3. The zero-order chi connectivity index (χ0) is 20.0. The maximum absolute atomic E-state index is 12.6. The maximum Gasteiger partial charge on any atom is 0.317 e. The molecule has 1 aliphatic heterocycles. The van der Waals surface area contributed by atoms with E-state index in [1.807, 2.05) is 25.8 Å². The summed E-state index contributed by atoms with van der Waals surface area (Å²) in [5, 5.41) is 14.5. The first kappa shape index (κ1) is 19.3. The minimum absolute atomic E-state index is 0.0406. The van der Waals surface area contributed by atoms with Crippen molar-refractivity contribution in [2.75, 3.05) is 26.7 Å². The zero-order valence-electron chi connectivity index (χ0n) is 17.4. The molecule has 6 nitrogen and oxygen atoms in total. The van der Waals surface area contributed by atoms with Gasteiger partial charge in [0.15, 0.2) is 0 Å². The highest BCUT2D eigenvalue weighted by Crippen LogP contribution is 2.44. The molecular weight excluding hydrogens is 352 g/mol. The summed E-state index contributed by atoms with van der Waals surface area (Å²) in [5.41, 5.74) is 4.90. The summed E-state index contributed by atoms with van der Waals surface area (Å²) in [6, 6.07) is 7.12. The van der Waals surface area contributed by atoms with Crippen LogP contribution in [0.3, 0.4) is 0 Å². The molecule has 1 aliphatic carbocycles. The Balaban J connectivity index is 1.68. The quantitative estimate of drug-likeness (QED) is 0.851. The minimum Gasteiger partial charge on any atom is -0.390 e. The number of benzene rings is 1. The van der Waals surface area contributed by atoms with Crippen LogP contribution in [-0.2, 0) is 20.1 Å². The second-order valence-electron chi connectivity index (χ2n) is 8.26. The number of aliphatic hydroxyl groups excluding tert-OH is 1. The third-order valence-electron chi connectivity index (χ3n) is 6.91. The van der Waals surface area contributed by atoms with E-state index in [-0.39, 0.29) is 18.7 Å². The first-order chi connectivity index (χ1) is 13.5. The number of aryl methyl sites for hydroxylation is 1. The van der Waals surface area contributed by atoms with Gasteiger partial charge in [-0.05, 0) is 50.9 Å². The average molecular weight is 385 g/mol. The second kappa shape index (κ2) is 7.41. The van der Waals surface area contributed by atoms with E-state index in [1.165, 1.54) is 22.0 Å². The fourth-order valence-corrected chi connectivity index (χ4v) is 5.44. The number of nitrogens with one attached hydrogen (secondary N) is 1. The molecule has 0 saturated carbocycles. The fraction of sp³-hybridized carbons (Fsp3) is 0.591. The van der Waals surface area contributed by atoms with Crippen LogP contribution in [0.4, 0.5) is 4.79 Å². The van der Waals surface area contributed by atoms with Crippen LogP contribution in [0.15, 0.2) is 18.2 Å². The van der Waals surface area contributed by atoms with Gasteiger partial charge < -0.3 is 24.8 Å². The third kappa shape index (κ3) is 2.90. The number of hydrogen-bond donors (Lipinski definition) is 2. The van der Waals surface area contributed by atoms with Gasteiger partial charge >= 0.3 is 6.03 Å². The number of carbonyl (C=O) groups is 1. The number of amides is 2. The molecule has 2 amide bonds. The molecule has 2 heterocycles. The van der Waals surface area contributed by atoms with Crippen LogP contribution < -0.4 is 5.32 Å². The van der Waals surface area contributed by atoms with Crippen molar-refractivity contribution >= 4 is 16.9 Å². The number of aliphatic hydroxyl groups is 1. The molecule has 1 unspecified atom stereocenters. The van der Waals surface area contributed by atoms with Gasteiger partial charge in [-0.25, -0.2) is 4.79 Å². The summed E-state index contributed by atoms with van der Waals surface area (Å²) < 4.78 is 2.14. The van der Waals surface area contributed by atoms with Gasteiger partial charge in [0.2, 0.25) is 0 Å².